The molecule has 3 rings (SSSR count). The number of ether oxygens (including phenoxy) is 1. The van der Waals surface area contributed by atoms with Gasteiger partial charge in [0.1, 0.15) is 0 Å². The van der Waals surface area contributed by atoms with Crippen molar-refractivity contribution in [3.05, 3.63) is 59.0 Å². The summed E-state index contributed by atoms with van der Waals surface area (Å²) in [5, 5.41) is 10.4. The van der Waals surface area contributed by atoms with Gasteiger partial charge in [-0.15, -0.1) is 0 Å². The highest BCUT2D eigenvalue weighted by Gasteiger charge is 2.34. The fourth-order valence-electron chi connectivity index (χ4n) is 2.53. The third kappa shape index (κ3) is 3.75. The standard InChI is InChI=1S/C20H20N2O3S/c1-3-11-21-20-22(15-7-5-4-6-8-15)19(24)18(26-20)13-14-9-10-16(23)17(12-14)25-2/h4-10,12-13,23H,3,11H2,1-2H3/b18-13-,21-20-. The number of phenolic OH excluding ortho intramolecular Hbond substituents is 1. The first-order chi connectivity index (χ1) is 12.6. The number of benzene rings is 2. The summed E-state index contributed by atoms with van der Waals surface area (Å²) in [7, 11) is 1.49. The molecule has 1 N–H and O–H groups in total. The quantitative estimate of drug-likeness (QED) is 0.800. The van der Waals surface area contributed by atoms with Crippen LogP contribution in [0.25, 0.3) is 6.08 Å². The van der Waals surface area contributed by atoms with Crippen molar-refractivity contribution >= 4 is 34.6 Å². The molecule has 0 radical (unpaired) electrons. The van der Waals surface area contributed by atoms with Crippen molar-refractivity contribution in [3.63, 3.8) is 0 Å². The predicted molar refractivity (Wildman–Crippen MR) is 107 cm³/mol. The summed E-state index contributed by atoms with van der Waals surface area (Å²) in [5.74, 6) is 0.328. The van der Waals surface area contributed by atoms with E-state index in [0.29, 0.717) is 22.4 Å². The number of carbonyl (C=O) groups is 1. The van der Waals surface area contributed by atoms with E-state index < -0.39 is 0 Å². The molecule has 2 aromatic rings. The summed E-state index contributed by atoms with van der Waals surface area (Å²) in [6.07, 6.45) is 2.70. The Morgan fingerprint density at radius 2 is 2.00 bits per heavy atom. The maximum atomic E-state index is 13.0. The highest BCUT2D eigenvalue weighted by atomic mass is 32.2. The van der Waals surface area contributed by atoms with Gasteiger partial charge in [0.05, 0.1) is 17.7 Å². The van der Waals surface area contributed by atoms with Gasteiger partial charge in [0, 0.05) is 6.54 Å². The van der Waals surface area contributed by atoms with E-state index in [-0.39, 0.29) is 11.7 Å². The molecule has 2 aromatic carbocycles. The van der Waals surface area contributed by atoms with Crippen LogP contribution in [0.2, 0.25) is 0 Å². The number of anilines is 1. The number of hydrogen-bond donors (Lipinski definition) is 1. The van der Waals surface area contributed by atoms with Crippen molar-refractivity contribution < 1.29 is 14.6 Å². The highest BCUT2D eigenvalue weighted by Crippen LogP contribution is 2.37. The van der Waals surface area contributed by atoms with Gasteiger partial charge in [-0.2, -0.15) is 0 Å². The van der Waals surface area contributed by atoms with Gasteiger partial charge in [0.2, 0.25) is 0 Å². The van der Waals surface area contributed by atoms with Gasteiger partial charge in [-0.3, -0.25) is 14.7 Å². The van der Waals surface area contributed by atoms with Crippen LogP contribution in [-0.4, -0.2) is 29.8 Å². The van der Waals surface area contributed by atoms with Gasteiger partial charge in [-0.1, -0.05) is 31.2 Å². The minimum absolute atomic E-state index is 0.0659. The molecule has 1 amide bonds. The van der Waals surface area contributed by atoms with Crippen molar-refractivity contribution in [1.29, 1.82) is 0 Å². The first kappa shape index (κ1) is 18.1. The summed E-state index contributed by atoms with van der Waals surface area (Å²) in [4.78, 5) is 19.8. The van der Waals surface area contributed by atoms with Crippen LogP contribution in [-0.2, 0) is 4.79 Å². The predicted octanol–water partition coefficient (Wildman–Crippen LogP) is 4.29. The Balaban J connectivity index is 1.98. The maximum Gasteiger partial charge on any atom is 0.271 e. The van der Waals surface area contributed by atoms with E-state index >= 15 is 0 Å². The number of amides is 1. The molecule has 6 heteroatoms. The SMILES string of the molecule is CCC/N=C1\S/C(=C\c2ccc(O)c(OC)c2)C(=O)N1c1ccccc1. The third-order valence-electron chi connectivity index (χ3n) is 3.79. The molecule has 0 unspecified atom stereocenters. The van der Waals surface area contributed by atoms with Crippen LogP contribution >= 0.6 is 11.8 Å². The van der Waals surface area contributed by atoms with E-state index in [2.05, 4.69) is 11.9 Å². The second-order valence-corrected chi connectivity index (χ2v) is 6.69. The topological polar surface area (TPSA) is 62.1 Å². The molecular formula is C20H20N2O3S. The molecule has 0 spiro atoms. The summed E-state index contributed by atoms with van der Waals surface area (Å²) in [6, 6.07) is 14.5. The molecule has 5 nitrogen and oxygen atoms in total. The Bertz CT molecular complexity index is 863. The first-order valence-corrected chi connectivity index (χ1v) is 9.16. The van der Waals surface area contributed by atoms with Crippen LogP contribution in [0.3, 0.4) is 0 Å². The largest absolute Gasteiger partial charge is 0.504 e. The van der Waals surface area contributed by atoms with Gasteiger partial charge in [-0.25, -0.2) is 0 Å². The van der Waals surface area contributed by atoms with Crippen LogP contribution in [0.1, 0.15) is 18.9 Å². The van der Waals surface area contributed by atoms with E-state index in [1.165, 1.54) is 18.9 Å². The van der Waals surface area contributed by atoms with Crippen molar-refractivity contribution in [3.8, 4) is 11.5 Å². The molecule has 0 bridgehead atoms. The number of hydrogen-bond acceptors (Lipinski definition) is 5. The highest BCUT2D eigenvalue weighted by molar-refractivity contribution is 8.19. The van der Waals surface area contributed by atoms with Crippen molar-refractivity contribution in [2.75, 3.05) is 18.6 Å². The van der Waals surface area contributed by atoms with E-state index in [1.807, 2.05) is 30.3 Å². The second-order valence-electron chi connectivity index (χ2n) is 5.68. The molecule has 1 aliphatic heterocycles. The van der Waals surface area contributed by atoms with E-state index in [0.717, 1.165) is 17.7 Å². The number of nitrogens with zero attached hydrogens (tertiary/aromatic N) is 2. The lowest BCUT2D eigenvalue weighted by Gasteiger charge is -2.15. The normalized spacial score (nSPS) is 17.3. The Morgan fingerprint density at radius 3 is 2.69 bits per heavy atom. The number of carbonyl (C=O) groups excluding carboxylic acids is 1. The monoisotopic (exact) mass is 368 g/mol. The zero-order chi connectivity index (χ0) is 18.5. The van der Waals surface area contributed by atoms with Gasteiger partial charge in [0.25, 0.3) is 5.91 Å². The molecule has 0 aliphatic carbocycles. The maximum absolute atomic E-state index is 13.0. The Hall–Kier alpha value is -2.73. The van der Waals surface area contributed by atoms with Crippen molar-refractivity contribution in [1.82, 2.24) is 0 Å². The van der Waals surface area contributed by atoms with Gasteiger partial charge in [-0.05, 0) is 54.1 Å². The lowest BCUT2D eigenvalue weighted by atomic mass is 10.2. The smallest absolute Gasteiger partial charge is 0.271 e. The molecule has 1 saturated heterocycles. The van der Waals surface area contributed by atoms with Crippen molar-refractivity contribution in [2.45, 2.75) is 13.3 Å². The average molecular weight is 368 g/mol. The number of thioether (sulfide) groups is 1. The lowest BCUT2D eigenvalue weighted by Crippen LogP contribution is -2.28. The third-order valence-corrected chi connectivity index (χ3v) is 4.80. The summed E-state index contributed by atoms with van der Waals surface area (Å²) in [5.41, 5.74) is 1.58. The number of phenols is 1. The average Bonchev–Trinajstić information content (AvgIpc) is 2.97. The van der Waals surface area contributed by atoms with Crippen LogP contribution in [0, 0.1) is 0 Å². The lowest BCUT2D eigenvalue weighted by molar-refractivity contribution is -0.113. The minimum Gasteiger partial charge on any atom is -0.504 e. The Labute approximate surface area is 157 Å². The molecule has 0 atom stereocenters. The molecule has 1 aliphatic rings. The van der Waals surface area contributed by atoms with E-state index in [4.69, 9.17) is 4.74 Å². The fourth-order valence-corrected chi connectivity index (χ4v) is 3.53. The Kier molecular flexibility index (Phi) is 5.63. The molecule has 1 fully saturated rings. The van der Waals surface area contributed by atoms with Crippen LogP contribution < -0.4 is 9.64 Å². The van der Waals surface area contributed by atoms with Crippen LogP contribution in [0.15, 0.2) is 58.4 Å². The number of amidine groups is 1. The van der Waals surface area contributed by atoms with Gasteiger partial charge >= 0.3 is 0 Å². The van der Waals surface area contributed by atoms with E-state index in [9.17, 15) is 9.90 Å². The fraction of sp³-hybridized carbons (Fsp3) is 0.200. The molecule has 1 heterocycles. The Morgan fingerprint density at radius 1 is 1.23 bits per heavy atom. The molecule has 26 heavy (non-hydrogen) atoms. The number of rotatable bonds is 5. The summed E-state index contributed by atoms with van der Waals surface area (Å²) >= 11 is 1.36. The molecular weight excluding hydrogens is 348 g/mol. The number of aromatic hydroxyl groups is 1. The zero-order valence-electron chi connectivity index (χ0n) is 14.7. The van der Waals surface area contributed by atoms with Gasteiger partial charge < -0.3 is 9.84 Å². The second kappa shape index (κ2) is 8.10. The van der Waals surface area contributed by atoms with Crippen molar-refractivity contribution in [2.24, 2.45) is 4.99 Å². The summed E-state index contributed by atoms with van der Waals surface area (Å²) in [6.45, 7) is 2.72. The zero-order valence-corrected chi connectivity index (χ0v) is 15.5. The number of aliphatic imine (C=N–C) groups is 1. The van der Waals surface area contributed by atoms with Crippen LogP contribution in [0.4, 0.5) is 5.69 Å². The molecule has 0 aromatic heterocycles. The first-order valence-electron chi connectivity index (χ1n) is 8.34. The van der Waals surface area contributed by atoms with Gasteiger partial charge in [0.15, 0.2) is 16.7 Å². The molecule has 134 valence electrons. The summed E-state index contributed by atoms with van der Waals surface area (Å²) < 4.78 is 5.14. The van der Waals surface area contributed by atoms with E-state index in [1.54, 1.807) is 29.2 Å². The molecule has 0 saturated carbocycles. The number of para-hydroxylation sites is 1. The minimum atomic E-state index is -0.108. The van der Waals surface area contributed by atoms with Crippen LogP contribution in [0.5, 0.6) is 11.5 Å². The number of methoxy groups -OCH3 is 1.